The van der Waals surface area contributed by atoms with E-state index in [1.54, 1.807) is 6.07 Å². The highest BCUT2D eigenvalue weighted by atomic mass is 16.3. The van der Waals surface area contributed by atoms with E-state index in [0.717, 1.165) is 49.4 Å². The van der Waals surface area contributed by atoms with Gasteiger partial charge in [-0.1, -0.05) is 19.1 Å². The van der Waals surface area contributed by atoms with E-state index in [4.69, 9.17) is 0 Å². The predicted octanol–water partition coefficient (Wildman–Crippen LogP) is 2.19. The number of H-pyrrole nitrogens is 1. The molecule has 6 heteroatoms. The number of nitrogens with one attached hydrogen (secondary N) is 2. The van der Waals surface area contributed by atoms with Crippen LogP contribution in [-0.4, -0.2) is 40.4 Å². The van der Waals surface area contributed by atoms with Gasteiger partial charge in [0.25, 0.3) is 5.91 Å². The molecule has 1 aromatic heterocycles. The summed E-state index contributed by atoms with van der Waals surface area (Å²) >= 11 is 0. The summed E-state index contributed by atoms with van der Waals surface area (Å²) in [5.41, 5.74) is 3.09. The van der Waals surface area contributed by atoms with E-state index in [2.05, 4.69) is 20.4 Å². The smallest absolute Gasteiger partial charge is 0.276 e. The maximum atomic E-state index is 12.4. The quantitative estimate of drug-likeness (QED) is 0.808. The van der Waals surface area contributed by atoms with Gasteiger partial charge in [0.1, 0.15) is 0 Å². The molecule has 2 heterocycles. The SMILES string of the molecule is CCc1cc(C(=O)Nc2ccccc2N2CCC(O)CC2)n[nH]1. The largest absolute Gasteiger partial charge is 0.393 e. The van der Waals surface area contributed by atoms with Gasteiger partial charge in [-0.3, -0.25) is 9.89 Å². The number of aliphatic hydroxyl groups excluding tert-OH is 1. The van der Waals surface area contributed by atoms with Crippen molar-refractivity contribution in [1.82, 2.24) is 10.2 Å². The van der Waals surface area contributed by atoms with Crippen molar-refractivity contribution in [2.45, 2.75) is 32.3 Å². The van der Waals surface area contributed by atoms with Crippen molar-refractivity contribution in [2.75, 3.05) is 23.3 Å². The Hall–Kier alpha value is -2.34. The summed E-state index contributed by atoms with van der Waals surface area (Å²) in [5, 5.41) is 19.5. The molecule has 2 aromatic rings. The van der Waals surface area contributed by atoms with Crippen molar-refractivity contribution in [3.63, 3.8) is 0 Å². The summed E-state index contributed by atoms with van der Waals surface area (Å²) in [6.45, 7) is 3.59. The van der Waals surface area contributed by atoms with E-state index in [0.29, 0.717) is 5.69 Å². The second kappa shape index (κ2) is 6.83. The summed E-state index contributed by atoms with van der Waals surface area (Å²) in [6.07, 6.45) is 2.10. The Labute approximate surface area is 135 Å². The minimum Gasteiger partial charge on any atom is -0.393 e. The predicted molar refractivity (Wildman–Crippen MR) is 89.8 cm³/mol. The van der Waals surface area contributed by atoms with Crippen LogP contribution in [0.1, 0.15) is 35.9 Å². The van der Waals surface area contributed by atoms with Gasteiger partial charge in [-0.05, 0) is 37.5 Å². The number of nitrogens with zero attached hydrogens (tertiary/aromatic N) is 2. The molecular weight excluding hydrogens is 292 g/mol. The van der Waals surface area contributed by atoms with Crippen LogP contribution in [0.5, 0.6) is 0 Å². The van der Waals surface area contributed by atoms with Gasteiger partial charge in [0.05, 0.1) is 17.5 Å². The summed E-state index contributed by atoms with van der Waals surface area (Å²) in [6, 6.07) is 9.52. The Kier molecular flexibility index (Phi) is 4.62. The first-order valence-electron chi connectivity index (χ1n) is 8.05. The number of hydrogen-bond acceptors (Lipinski definition) is 4. The number of benzene rings is 1. The van der Waals surface area contributed by atoms with Crippen molar-refractivity contribution in [3.8, 4) is 0 Å². The van der Waals surface area contributed by atoms with Crippen LogP contribution in [0, 0.1) is 0 Å². The van der Waals surface area contributed by atoms with Crippen LogP contribution >= 0.6 is 0 Å². The lowest BCUT2D eigenvalue weighted by Crippen LogP contribution is -2.36. The lowest BCUT2D eigenvalue weighted by Gasteiger charge is -2.32. The van der Waals surface area contributed by atoms with Crippen LogP contribution < -0.4 is 10.2 Å². The topological polar surface area (TPSA) is 81.2 Å². The Bertz CT molecular complexity index is 675. The molecule has 0 radical (unpaired) electrons. The maximum Gasteiger partial charge on any atom is 0.276 e. The molecule has 23 heavy (non-hydrogen) atoms. The molecule has 1 amide bonds. The number of aromatic amines is 1. The van der Waals surface area contributed by atoms with Crippen LogP contribution in [0.4, 0.5) is 11.4 Å². The fourth-order valence-corrected chi connectivity index (χ4v) is 2.81. The average molecular weight is 314 g/mol. The number of anilines is 2. The van der Waals surface area contributed by atoms with Crippen LogP contribution in [0.25, 0.3) is 0 Å². The van der Waals surface area contributed by atoms with Crippen LogP contribution in [0.2, 0.25) is 0 Å². The highest BCUT2D eigenvalue weighted by molar-refractivity contribution is 6.04. The number of aliphatic hydroxyl groups is 1. The van der Waals surface area contributed by atoms with Gasteiger partial charge in [-0.25, -0.2) is 0 Å². The van der Waals surface area contributed by atoms with Gasteiger partial charge in [0.15, 0.2) is 5.69 Å². The fourth-order valence-electron chi connectivity index (χ4n) is 2.81. The number of para-hydroxylation sites is 2. The molecule has 0 atom stereocenters. The molecule has 0 spiro atoms. The highest BCUT2D eigenvalue weighted by Gasteiger charge is 2.20. The molecule has 1 aliphatic heterocycles. The molecule has 0 bridgehead atoms. The molecule has 1 saturated heterocycles. The van der Waals surface area contributed by atoms with Gasteiger partial charge in [0.2, 0.25) is 0 Å². The van der Waals surface area contributed by atoms with Crippen molar-refractivity contribution in [1.29, 1.82) is 0 Å². The van der Waals surface area contributed by atoms with Crippen molar-refractivity contribution >= 4 is 17.3 Å². The van der Waals surface area contributed by atoms with Crippen molar-refractivity contribution in [3.05, 3.63) is 41.7 Å². The molecule has 1 fully saturated rings. The zero-order valence-corrected chi connectivity index (χ0v) is 13.2. The number of aromatic nitrogens is 2. The van der Waals surface area contributed by atoms with Crippen molar-refractivity contribution in [2.24, 2.45) is 0 Å². The van der Waals surface area contributed by atoms with Gasteiger partial charge >= 0.3 is 0 Å². The molecule has 0 aliphatic carbocycles. The number of aryl methyl sites for hydroxylation is 1. The molecule has 6 nitrogen and oxygen atoms in total. The minimum atomic E-state index is -0.218. The molecule has 0 unspecified atom stereocenters. The summed E-state index contributed by atoms with van der Waals surface area (Å²) in [4.78, 5) is 14.6. The normalized spacial score (nSPS) is 15.7. The molecule has 122 valence electrons. The summed E-state index contributed by atoms with van der Waals surface area (Å²) < 4.78 is 0. The summed E-state index contributed by atoms with van der Waals surface area (Å²) in [5.74, 6) is -0.217. The number of hydrogen-bond donors (Lipinski definition) is 3. The monoisotopic (exact) mass is 314 g/mol. The van der Waals surface area contributed by atoms with Crippen molar-refractivity contribution < 1.29 is 9.90 Å². The number of piperidine rings is 1. The highest BCUT2D eigenvalue weighted by Crippen LogP contribution is 2.28. The Morgan fingerprint density at radius 3 is 2.83 bits per heavy atom. The van der Waals surface area contributed by atoms with Gasteiger partial charge < -0.3 is 15.3 Å². The number of amides is 1. The molecule has 3 N–H and O–H groups in total. The lowest BCUT2D eigenvalue weighted by atomic mass is 10.1. The van der Waals surface area contributed by atoms with E-state index < -0.39 is 0 Å². The molecule has 0 saturated carbocycles. The van der Waals surface area contributed by atoms with Crippen LogP contribution in [0.15, 0.2) is 30.3 Å². The number of rotatable bonds is 4. The third-order valence-corrected chi connectivity index (χ3v) is 4.20. The Morgan fingerprint density at radius 2 is 2.13 bits per heavy atom. The second-order valence-corrected chi connectivity index (χ2v) is 5.82. The third kappa shape index (κ3) is 3.53. The second-order valence-electron chi connectivity index (χ2n) is 5.82. The molecule has 1 aromatic carbocycles. The Balaban J connectivity index is 1.76. The van der Waals surface area contributed by atoms with Gasteiger partial charge in [0, 0.05) is 18.8 Å². The standard InChI is InChI=1S/C17H22N4O2/c1-2-12-11-15(20-19-12)17(23)18-14-5-3-4-6-16(14)21-9-7-13(22)8-10-21/h3-6,11,13,22H,2,7-10H2,1H3,(H,18,23)(H,19,20). The average Bonchev–Trinajstić information content (AvgIpc) is 3.05. The maximum absolute atomic E-state index is 12.4. The number of carbonyl (C=O) groups is 1. The fraction of sp³-hybridized carbons (Fsp3) is 0.412. The van der Waals surface area contributed by atoms with Gasteiger partial charge in [-0.2, -0.15) is 5.10 Å². The molecule has 3 rings (SSSR count). The van der Waals surface area contributed by atoms with Crippen LogP contribution in [0.3, 0.4) is 0 Å². The van der Waals surface area contributed by atoms with E-state index in [-0.39, 0.29) is 12.0 Å². The Morgan fingerprint density at radius 1 is 1.39 bits per heavy atom. The van der Waals surface area contributed by atoms with Gasteiger partial charge in [-0.15, -0.1) is 0 Å². The van der Waals surface area contributed by atoms with E-state index >= 15 is 0 Å². The first-order chi connectivity index (χ1) is 11.2. The van der Waals surface area contributed by atoms with E-state index in [1.807, 2.05) is 31.2 Å². The minimum absolute atomic E-state index is 0.217. The third-order valence-electron chi connectivity index (χ3n) is 4.20. The zero-order chi connectivity index (χ0) is 16.2. The first kappa shape index (κ1) is 15.6. The summed E-state index contributed by atoms with van der Waals surface area (Å²) in [7, 11) is 0. The number of carbonyl (C=O) groups excluding carboxylic acids is 1. The molecular formula is C17H22N4O2. The first-order valence-corrected chi connectivity index (χ1v) is 8.05. The molecule has 1 aliphatic rings. The van der Waals surface area contributed by atoms with E-state index in [1.165, 1.54) is 0 Å². The lowest BCUT2D eigenvalue weighted by molar-refractivity contribution is 0.102. The van der Waals surface area contributed by atoms with Crippen LogP contribution in [-0.2, 0) is 6.42 Å². The zero-order valence-electron chi connectivity index (χ0n) is 13.2. The van der Waals surface area contributed by atoms with E-state index in [9.17, 15) is 9.90 Å².